The van der Waals surface area contributed by atoms with Crippen molar-refractivity contribution >= 4 is 16.6 Å². The number of pyridine rings is 1. The molecule has 7 heteroatoms. The minimum atomic E-state index is -0.892. The molecule has 1 fully saturated rings. The van der Waals surface area contributed by atoms with Crippen LogP contribution in [-0.4, -0.2) is 52.6 Å². The van der Waals surface area contributed by atoms with Gasteiger partial charge in [-0.05, 0) is 68.4 Å². The normalized spacial score (nSPS) is 22.4. The second-order valence-corrected chi connectivity index (χ2v) is 7.72. The van der Waals surface area contributed by atoms with Crippen molar-refractivity contribution in [3.8, 4) is 17.0 Å². The zero-order valence-electron chi connectivity index (χ0n) is 16.7. The molecule has 0 spiro atoms. The topological polar surface area (TPSA) is 74.2 Å². The molecule has 0 amide bonds. The fraction of sp³-hybridized carbons (Fsp3) is 0.409. The number of phenols is 1. The van der Waals surface area contributed by atoms with Gasteiger partial charge in [0.05, 0.1) is 11.7 Å². The first-order valence-corrected chi connectivity index (χ1v) is 10.0. The maximum atomic E-state index is 14.7. The van der Waals surface area contributed by atoms with Crippen LogP contribution in [0.15, 0.2) is 42.7 Å². The molecule has 4 rings (SSSR count). The van der Waals surface area contributed by atoms with E-state index in [1.54, 1.807) is 18.5 Å². The summed E-state index contributed by atoms with van der Waals surface area (Å²) in [6.45, 7) is 0. The molecular formula is C22H26FN5O. The Hall–Kier alpha value is -2.80. The number of halogens is 1. The molecule has 29 heavy (non-hydrogen) atoms. The van der Waals surface area contributed by atoms with Gasteiger partial charge < -0.3 is 15.3 Å². The Morgan fingerprint density at radius 3 is 2.76 bits per heavy atom. The van der Waals surface area contributed by atoms with Gasteiger partial charge in [-0.2, -0.15) is 0 Å². The molecule has 3 aromatic rings. The number of phenolic OH excluding ortho intramolecular Hbond substituents is 1. The Morgan fingerprint density at radius 1 is 1.14 bits per heavy atom. The van der Waals surface area contributed by atoms with Gasteiger partial charge in [-0.25, -0.2) is 4.39 Å². The Morgan fingerprint density at radius 2 is 2.00 bits per heavy atom. The minimum Gasteiger partial charge on any atom is -0.507 e. The third-order valence-electron chi connectivity index (χ3n) is 5.92. The first kappa shape index (κ1) is 19.5. The maximum Gasteiger partial charge on any atom is 0.151 e. The van der Waals surface area contributed by atoms with E-state index < -0.39 is 6.17 Å². The van der Waals surface area contributed by atoms with Crippen LogP contribution in [0.5, 0.6) is 5.75 Å². The fourth-order valence-corrected chi connectivity index (χ4v) is 4.13. The first-order chi connectivity index (χ1) is 14.1. The zero-order valence-corrected chi connectivity index (χ0v) is 16.7. The summed E-state index contributed by atoms with van der Waals surface area (Å²) < 4.78 is 14.7. The summed E-state index contributed by atoms with van der Waals surface area (Å²) in [5.74, 6) is 0.767. The van der Waals surface area contributed by atoms with Gasteiger partial charge in [-0.3, -0.25) is 4.98 Å². The van der Waals surface area contributed by atoms with Gasteiger partial charge in [-0.1, -0.05) is 0 Å². The van der Waals surface area contributed by atoms with Crippen LogP contribution in [0.1, 0.15) is 25.7 Å². The van der Waals surface area contributed by atoms with Crippen molar-refractivity contribution in [3.63, 3.8) is 0 Å². The number of rotatable bonds is 4. The molecule has 2 N–H and O–H groups in total. The predicted molar refractivity (Wildman–Crippen MR) is 113 cm³/mol. The van der Waals surface area contributed by atoms with Gasteiger partial charge in [-0.15, -0.1) is 10.2 Å². The number of nitrogens with one attached hydrogen (secondary N) is 1. The van der Waals surface area contributed by atoms with Crippen molar-refractivity contribution < 1.29 is 9.50 Å². The highest BCUT2D eigenvalue weighted by atomic mass is 19.1. The van der Waals surface area contributed by atoms with Crippen molar-refractivity contribution in [2.24, 2.45) is 0 Å². The summed E-state index contributed by atoms with van der Waals surface area (Å²) >= 11 is 0. The van der Waals surface area contributed by atoms with E-state index in [4.69, 9.17) is 0 Å². The van der Waals surface area contributed by atoms with Crippen molar-refractivity contribution in [2.75, 3.05) is 19.0 Å². The molecule has 2 unspecified atom stereocenters. The molecule has 1 aliphatic carbocycles. The highest BCUT2D eigenvalue weighted by Crippen LogP contribution is 2.33. The van der Waals surface area contributed by atoms with Gasteiger partial charge in [0.25, 0.3) is 0 Å². The third kappa shape index (κ3) is 4.00. The van der Waals surface area contributed by atoms with Gasteiger partial charge in [0.2, 0.25) is 0 Å². The minimum absolute atomic E-state index is 0.142. The third-order valence-corrected chi connectivity index (χ3v) is 5.92. The summed E-state index contributed by atoms with van der Waals surface area (Å²) in [6, 6.07) is 9.11. The van der Waals surface area contributed by atoms with Gasteiger partial charge in [0.15, 0.2) is 5.82 Å². The molecule has 0 bridgehead atoms. The van der Waals surface area contributed by atoms with E-state index in [1.165, 1.54) is 0 Å². The maximum absolute atomic E-state index is 14.7. The van der Waals surface area contributed by atoms with Gasteiger partial charge in [0, 0.05) is 36.4 Å². The largest absolute Gasteiger partial charge is 0.507 e. The standard InChI is InChI=1S/C22H26FN5O/c1-24-16-4-3-5-18(23)20(12-16)28(2)22-7-6-19(26-27-22)17-10-15-13-25-9-8-14(15)11-21(17)29/h6-11,13,16,18,20,24,29H,3-5,12H2,1-2H3/t16?,18?,20-/m0/s1. The molecule has 0 saturated heterocycles. The van der Waals surface area contributed by atoms with E-state index >= 15 is 0 Å². The summed E-state index contributed by atoms with van der Waals surface area (Å²) in [6.07, 6.45) is 5.72. The summed E-state index contributed by atoms with van der Waals surface area (Å²) in [4.78, 5) is 6.02. The number of aromatic hydroxyl groups is 1. The van der Waals surface area contributed by atoms with E-state index in [0.29, 0.717) is 29.5 Å². The number of fused-ring (bicyclic) bond motifs is 1. The lowest BCUT2D eigenvalue weighted by molar-refractivity contribution is 0.257. The number of hydrogen-bond acceptors (Lipinski definition) is 6. The second kappa shape index (κ2) is 8.29. The van der Waals surface area contributed by atoms with Crippen LogP contribution in [0.4, 0.5) is 10.2 Å². The van der Waals surface area contributed by atoms with Crippen molar-refractivity contribution in [1.29, 1.82) is 0 Å². The molecule has 0 radical (unpaired) electrons. The molecule has 3 atom stereocenters. The van der Waals surface area contributed by atoms with Crippen LogP contribution < -0.4 is 10.2 Å². The molecule has 2 aromatic heterocycles. The monoisotopic (exact) mass is 395 g/mol. The van der Waals surface area contributed by atoms with Crippen LogP contribution in [0, 0.1) is 0 Å². The van der Waals surface area contributed by atoms with E-state index in [2.05, 4.69) is 20.5 Å². The smallest absolute Gasteiger partial charge is 0.151 e. The Balaban J connectivity index is 1.59. The highest BCUT2D eigenvalue weighted by Gasteiger charge is 2.31. The number of benzene rings is 1. The van der Waals surface area contributed by atoms with E-state index in [-0.39, 0.29) is 11.8 Å². The van der Waals surface area contributed by atoms with Crippen LogP contribution in [0.25, 0.3) is 22.0 Å². The van der Waals surface area contributed by atoms with Crippen LogP contribution >= 0.6 is 0 Å². The summed E-state index contributed by atoms with van der Waals surface area (Å²) in [5.41, 5.74) is 1.16. The molecular weight excluding hydrogens is 369 g/mol. The van der Waals surface area contributed by atoms with Crippen LogP contribution in [0.3, 0.4) is 0 Å². The van der Waals surface area contributed by atoms with Crippen molar-refractivity contribution in [1.82, 2.24) is 20.5 Å². The van der Waals surface area contributed by atoms with E-state index in [0.717, 1.165) is 30.0 Å². The summed E-state index contributed by atoms with van der Waals surface area (Å²) in [5, 5.41) is 24.2. The first-order valence-electron chi connectivity index (χ1n) is 10.0. The molecule has 1 saturated carbocycles. The Bertz CT molecular complexity index is 981. The Kier molecular flexibility index (Phi) is 5.58. The molecule has 152 valence electrons. The van der Waals surface area contributed by atoms with Gasteiger partial charge >= 0.3 is 0 Å². The lowest BCUT2D eigenvalue weighted by Crippen LogP contribution is -2.43. The number of nitrogens with zero attached hydrogens (tertiary/aromatic N) is 4. The highest BCUT2D eigenvalue weighted by molar-refractivity contribution is 5.89. The average molecular weight is 395 g/mol. The zero-order chi connectivity index (χ0) is 20.4. The number of aromatic nitrogens is 3. The molecule has 6 nitrogen and oxygen atoms in total. The molecule has 1 aliphatic rings. The molecule has 2 heterocycles. The van der Waals surface area contributed by atoms with Crippen molar-refractivity contribution in [2.45, 2.75) is 43.9 Å². The second-order valence-electron chi connectivity index (χ2n) is 7.72. The average Bonchev–Trinajstić information content (AvgIpc) is 2.94. The fourth-order valence-electron chi connectivity index (χ4n) is 4.13. The SMILES string of the molecule is CNC1CCCC(F)[C@@H](N(C)c2ccc(-c3cc4cnccc4cc3O)nn2)C1. The van der Waals surface area contributed by atoms with Crippen molar-refractivity contribution in [3.05, 3.63) is 42.7 Å². The van der Waals surface area contributed by atoms with Crippen LogP contribution in [-0.2, 0) is 0 Å². The summed E-state index contributed by atoms with van der Waals surface area (Å²) in [7, 11) is 3.80. The van der Waals surface area contributed by atoms with E-state index in [9.17, 15) is 9.50 Å². The molecule has 0 aliphatic heterocycles. The lowest BCUT2D eigenvalue weighted by Gasteiger charge is -2.31. The Labute approximate surface area is 169 Å². The quantitative estimate of drug-likeness (QED) is 0.656. The van der Waals surface area contributed by atoms with Gasteiger partial charge in [0.1, 0.15) is 11.9 Å². The number of hydrogen-bond donors (Lipinski definition) is 2. The number of alkyl halides is 1. The van der Waals surface area contributed by atoms with Crippen LogP contribution in [0.2, 0.25) is 0 Å². The predicted octanol–water partition coefficient (Wildman–Crippen LogP) is 3.70. The van der Waals surface area contributed by atoms with E-state index in [1.807, 2.05) is 43.3 Å². The number of anilines is 1. The molecule has 1 aromatic carbocycles. The lowest BCUT2D eigenvalue weighted by atomic mass is 10.0.